The summed E-state index contributed by atoms with van der Waals surface area (Å²) in [6.07, 6.45) is 2.04. The van der Waals surface area contributed by atoms with Gasteiger partial charge in [-0.3, -0.25) is 4.90 Å². The van der Waals surface area contributed by atoms with E-state index in [1.54, 1.807) is 11.3 Å². The van der Waals surface area contributed by atoms with Crippen LogP contribution in [0.5, 0.6) is 0 Å². The van der Waals surface area contributed by atoms with Gasteiger partial charge in [0.25, 0.3) is 0 Å². The molecule has 5 heterocycles. The molecule has 5 rings (SSSR count). The number of hydrogen-bond donors (Lipinski definition) is 1. The van der Waals surface area contributed by atoms with Crippen molar-refractivity contribution in [1.82, 2.24) is 24.3 Å². The van der Waals surface area contributed by atoms with E-state index in [9.17, 15) is 0 Å². The molecule has 4 aromatic heterocycles. The van der Waals surface area contributed by atoms with Crippen molar-refractivity contribution in [3.63, 3.8) is 0 Å². The number of anilines is 2. The maximum atomic E-state index is 6.11. The summed E-state index contributed by atoms with van der Waals surface area (Å²) in [6, 6.07) is 10.2. The molecule has 7 nitrogen and oxygen atoms in total. The van der Waals surface area contributed by atoms with Crippen LogP contribution in [0.3, 0.4) is 0 Å². The first-order chi connectivity index (χ1) is 15.5. The fourth-order valence-corrected chi connectivity index (χ4v) is 4.95. The van der Waals surface area contributed by atoms with Crippen LogP contribution in [0.25, 0.3) is 5.65 Å². The average molecular weight is 449 g/mol. The lowest BCUT2D eigenvalue weighted by Crippen LogP contribution is -2.38. The van der Waals surface area contributed by atoms with E-state index in [1.165, 1.54) is 16.1 Å². The van der Waals surface area contributed by atoms with Crippen LogP contribution in [0, 0.1) is 27.7 Å². The van der Waals surface area contributed by atoms with Crippen LogP contribution in [0.4, 0.5) is 10.9 Å². The molecule has 0 spiro atoms. The molecule has 0 aliphatic carbocycles. The molecule has 1 N–H and O–H groups in total. The Balaban J connectivity index is 1.32. The zero-order valence-corrected chi connectivity index (χ0v) is 19.7. The van der Waals surface area contributed by atoms with Gasteiger partial charge < -0.3 is 14.5 Å². The van der Waals surface area contributed by atoms with E-state index in [-0.39, 0.29) is 6.10 Å². The number of pyridine rings is 2. The number of rotatable bonds is 5. The molecule has 4 aromatic rings. The van der Waals surface area contributed by atoms with Gasteiger partial charge in [0, 0.05) is 30.7 Å². The lowest BCUT2D eigenvalue weighted by molar-refractivity contribution is -0.0354. The molecular weight excluding hydrogens is 420 g/mol. The van der Waals surface area contributed by atoms with Crippen molar-refractivity contribution < 1.29 is 4.74 Å². The molecule has 1 saturated heterocycles. The number of aromatic nitrogens is 4. The molecule has 0 aromatic carbocycles. The molecule has 1 aliphatic heterocycles. The third-order valence-electron chi connectivity index (χ3n) is 6.03. The van der Waals surface area contributed by atoms with Crippen LogP contribution in [0.15, 0.2) is 36.5 Å². The summed E-state index contributed by atoms with van der Waals surface area (Å²) >= 11 is 1.65. The van der Waals surface area contributed by atoms with Gasteiger partial charge in [-0.15, -0.1) is 11.3 Å². The van der Waals surface area contributed by atoms with Crippen molar-refractivity contribution in [2.75, 3.05) is 25.0 Å². The Morgan fingerprint density at radius 2 is 1.94 bits per heavy atom. The molecule has 0 bridgehead atoms. The van der Waals surface area contributed by atoms with Gasteiger partial charge in [-0.05, 0) is 51.5 Å². The highest BCUT2D eigenvalue weighted by molar-refractivity contribution is 7.15. The molecule has 32 heavy (non-hydrogen) atoms. The number of morpholine rings is 1. The van der Waals surface area contributed by atoms with Crippen LogP contribution >= 0.6 is 11.3 Å². The Kier molecular flexibility index (Phi) is 5.67. The van der Waals surface area contributed by atoms with E-state index in [0.29, 0.717) is 6.61 Å². The first-order valence-electron chi connectivity index (χ1n) is 10.9. The summed E-state index contributed by atoms with van der Waals surface area (Å²) in [5.41, 5.74) is 6.55. The van der Waals surface area contributed by atoms with E-state index in [1.807, 2.05) is 25.1 Å². The normalized spacial score (nSPS) is 17.2. The van der Waals surface area contributed by atoms with Crippen molar-refractivity contribution in [3.05, 3.63) is 69.7 Å². The van der Waals surface area contributed by atoms with E-state index < -0.39 is 0 Å². The Bertz CT molecular complexity index is 1240. The largest absolute Gasteiger partial charge is 0.369 e. The Hall–Kier alpha value is -2.81. The summed E-state index contributed by atoms with van der Waals surface area (Å²) in [6.45, 7) is 11.5. The minimum absolute atomic E-state index is 0.0634. The Morgan fingerprint density at radius 3 is 2.75 bits per heavy atom. The van der Waals surface area contributed by atoms with Crippen molar-refractivity contribution in [1.29, 1.82) is 0 Å². The van der Waals surface area contributed by atoms with Gasteiger partial charge in [-0.2, -0.15) is 0 Å². The van der Waals surface area contributed by atoms with E-state index >= 15 is 0 Å². The zero-order valence-electron chi connectivity index (χ0n) is 18.9. The van der Waals surface area contributed by atoms with E-state index in [4.69, 9.17) is 14.7 Å². The maximum Gasteiger partial charge on any atom is 0.188 e. The van der Waals surface area contributed by atoms with Gasteiger partial charge in [0.15, 0.2) is 5.13 Å². The van der Waals surface area contributed by atoms with Crippen LogP contribution in [-0.2, 0) is 11.3 Å². The summed E-state index contributed by atoms with van der Waals surface area (Å²) in [4.78, 5) is 17.8. The number of nitrogens with zero attached hydrogens (tertiary/aromatic N) is 5. The lowest BCUT2D eigenvalue weighted by atomic mass is 10.1. The minimum atomic E-state index is -0.0634. The van der Waals surface area contributed by atoms with Crippen LogP contribution in [-0.4, -0.2) is 43.9 Å². The third-order valence-corrected chi connectivity index (χ3v) is 7.02. The smallest absolute Gasteiger partial charge is 0.188 e. The molecule has 0 unspecified atom stereocenters. The van der Waals surface area contributed by atoms with Gasteiger partial charge in [0.05, 0.1) is 29.4 Å². The van der Waals surface area contributed by atoms with Crippen molar-refractivity contribution >= 4 is 27.9 Å². The number of hydrogen-bond acceptors (Lipinski definition) is 7. The number of nitrogens with one attached hydrogen (secondary N) is 1. The third kappa shape index (κ3) is 4.13. The first kappa shape index (κ1) is 21.1. The van der Waals surface area contributed by atoms with Gasteiger partial charge in [0.2, 0.25) is 0 Å². The number of aryl methyl sites for hydroxylation is 4. The Labute approximate surface area is 192 Å². The number of fused-ring (bicyclic) bond motifs is 1. The summed E-state index contributed by atoms with van der Waals surface area (Å²) < 4.78 is 8.33. The Morgan fingerprint density at radius 1 is 1.06 bits per heavy atom. The van der Waals surface area contributed by atoms with Crippen molar-refractivity contribution in [2.24, 2.45) is 0 Å². The van der Waals surface area contributed by atoms with Gasteiger partial charge >= 0.3 is 0 Å². The molecule has 1 atom stereocenters. The highest BCUT2D eigenvalue weighted by Gasteiger charge is 2.25. The van der Waals surface area contributed by atoms with Crippen LogP contribution in [0.2, 0.25) is 0 Å². The standard InChI is InChI=1S/C24H28N6OS/c1-15-7-6-10-30-20(17(3)25-23(15)30)13-29-11-12-31-21(14-29)19-8-5-9-22(27-19)28-24-26-16(2)18(4)32-24/h5-10,21H,11-14H2,1-4H3,(H,26,27,28)/t21-/m0/s1. The molecule has 8 heteroatoms. The molecule has 1 aliphatic rings. The fourth-order valence-electron chi connectivity index (χ4n) is 4.13. The highest BCUT2D eigenvalue weighted by atomic mass is 32.1. The van der Waals surface area contributed by atoms with Crippen molar-refractivity contribution in [3.8, 4) is 0 Å². The highest BCUT2D eigenvalue weighted by Crippen LogP contribution is 2.27. The quantitative estimate of drug-likeness (QED) is 0.476. The molecule has 0 saturated carbocycles. The van der Waals surface area contributed by atoms with E-state index in [0.717, 1.165) is 53.3 Å². The maximum absolute atomic E-state index is 6.11. The molecule has 0 radical (unpaired) electrons. The van der Waals surface area contributed by atoms with Crippen LogP contribution in [0.1, 0.15) is 39.3 Å². The molecular formula is C24H28N6OS. The molecule has 1 fully saturated rings. The lowest BCUT2D eigenvalue weighted by Gasteiger charge is -2.32. The summed E-state index contributed by atoms with van der Waals surface area (Å²) in [5, 5.41) is 4.21. The second kappa shape index (κ2) is 8.61. The predicted octanol–water partition coefficient (Wildman–Crippen LogP) is 4.74. The SMILES string of the molecule is Cc1nc(Nc2cccc([C@@H]3CN(Cc4c(C)nc5c(C)cccn45)CCO3)n2)sc1C. The second-order valence-electron chi connectivity index (χ2n) is 8.36. The average Bonchev–Trinajstić information content (AvgIpc) is 3.27. The van der Waals surface area contributed by atoms with Crippen LogP contribution < -0.4 is 5.32 Å². The topological polar surface area (TPSA) is 67.6 Å². The van der Waals surface area contributed by atoms with Gasteiger partial charge in [0.1, 0.15) is 17.6 Å². The van der Waals surface area contributed by atoms with Gasteiger partial charge in [-0.25, -0.2) is 15.0 Å². The first-order valence-corrected chi connectivity index (χ1v) is 11.7. The monoisotopic (exact) mass is 448 g/mol. The number of imidazole rings is 1. The molecule has 0 amide bonds. The zero-order chi connectivity index (χ0) is 22.2. The van der Waals surface area contributed by atoms with E-state index in [2.05, 4.69) is 58.7 Å². The molecule has 166 valence electrons. The summed E-state index contributed by atoms with van der Waals surface area (Å²) in [5.74, 6) is 0.796. The number of thiazole rings is 1. The fraction of sp³-hybridized carbons (Fsp3) is 0.375. The van der Waals surface area contributed by atoms with Crippen molar-refractivity contribution in [2.45, 2.75) is 40.3 Å². The second-order valence-corrected chi connectivity index (χ2v) is 9.56. The summed E-state index contributed by atoms with van der Waals surface area (Å²) in [7, 11) is 0. The van der Waals surface area contributed by atoms with Gasteiger partial charge in [-0.1, -0.05) is 12.1 Å². The minimum Gasteiger partial charge on any atom is -0.369 e. The predicted molar refractivity (Wildman–Crippen MR) is 128 cm³/mol. The number of ether oxygens (including phenoxy) is 1.